The van der Waals surface area contributed by atoms with Crippen LogP contribution in [0.15, 0.2) is 42.9 Å². The Morgan fingerprint density at radius 3 is 2.96 bits per heavy atom. The summed E-state index contributed by atoms with van der Waals surface area (Å²) < 4.78 is 0. The molecule has 1 aliphatic rings. The van der Waals surface area contributed by atoms with E-state index < -0.39 is 0 Å². The van der Waals surface area contributed by atoms with Crippen LogP contribution in [0.2, 0.25) is 0 Å². The van der Waals surface area contributed by atoms with Gasteiger partial charge >= 0.3 is 0 Å². The number of nitrogens with zero attached hydrogens (tertiary/aromatic N) is 3. The highest BCUT2D eigenvalue weighted by Crippen LogP contribution is 2.23. The number of aryl methyl sites for hydroxylation is 2. The molecule has 1 amide bonds. The molecule has 1 atom stereocenters. The number of carbonyl (C=O) groups excluding carboxylic acids is 1. The Balaban J connectivity index is 1.58. The van der Waals surface area contributed by atoms with E-state index in [1.54, 1.807) is 18.6 Å². The number of hydrogen-bond acceptors (Lipinski definition) is 3. The van der Waals surface area contributed by atoms with E-state index in [9.17, 15) is 4.79 Å². The lowest BCUT2D eigenvalue weighted by atomic mass is 9.90. The van der Waals surface area contributed by atoms with E-state index >= 15 is 0 Å². The van der Waals surface area contributed by atoms with Crippen molar-refractivity contribution in [2.75, 3.05) is 13.1 Å². The fourth-order valence-electron chi connectivity index (χ4n) is 3.31. The normalized spacial score (nSPS) is 18.0. The zero-order chi connectivity index (χ0) is 16.1. The summed E-state index contributed by atoms with van der Waals surface area (Å²) in [6.07, 6.45) is 9.23. The third-order valence-corrected chi connectivity index (χ3v) is 4.67. The molecule has 0 saturated carbocycles. The SMILES string of the molecule is Cc1ccccc1CC[C@@H]1CCCN(C(=O)c2cnccn2)C1. The standard InChI is InChI=1S/C19H23N3O/c1-15-5-2-3-7-17(15)9-8-16-6-4-12-22(14-16)19(23)18-13-20-10-11-21-18/h2-3,5,7,10-11,13,16H,4,6,8-9,12,14H2,1H3/t16-/m0/s1. The smallest absolute Gasteiger partial charge is 0.274 e. The van der Waals surface area contributed by atoms with Crippen LogP contribution in [0.5, 0.6) is 0 Å². The van der Waals surface area contributed by atoms with Crippen LogP contribution < -0.4 is 0 Å². The van der Waals surface area contributed by atoms with Gasteiger partial charge in [0, 0.05) is 25.5 Å². The first-order chi connectivity index (χ1) is 11.2. The number of hydrogen-bond donors (Lipinski definition) is 0. The van der Waals surface area contributed by atoms with Gasteiger partial charge in [-0.15, -0.1) is 0 Å². The first kappa shape index (κ1) is 15.7. The van der Waals surface area contributed by atoms with Crippen molar-refractivity contribution in [3.63, 3.8) is 0 Å². The zero-order valence-corrected chi connectivity index (χ0v) is 13.6. The maximum absolute atomic E-state index is 12.5. The van der Waals surface area contributed by atoms with E-state index in [1.807, 2.05) is 4.90 Å². The summed E-state index contributed by atoms with van der Waals surface area (Å²) in [7, 11) is 0. The fraction of sp³-hybridized carbons (Fsp3) is 0.421. The van der Waals surface area contributed by atoms with E-state index in [0.29, 0.717) is 11.6 Å². The van der Waals surface area contributed by atoms with E-state index in [-0.39, 0.29) is 5.91 Å². The lowest BCUT2D eigenvalue weighted by molar-refractivity contribution is 0.0662. The van der Waals surface area contributed by atoms with Gasteiger partial charge in [-0.2, -0.15) is 0 Å². The third-order valence-electron chi connectivity index (χ3n) is 4.67. The monoisotopic (exact) mass is 309 g/mol. The molecular weight excluding hydrogens is 286 g/mol. The average molecular weight is 309 g/mol. The van der Waals surface area contributed by atoms with Crippen LogP contribution in [0.3, 0.4) is 0 Å². The number of piperidine rings is 1. The van der Waals surface area contributed by atoms with Crippen LogP contribution in [-0.4, -0.2) is 33.9 Å². The Morgan fingerprint density at radius 2 is 2.17 bits per heavy atom. The number of rotatable bonds is 4. The maximum Gasteiger partial charge on any atom is 0.274 e. The molecule has 0 N–H and O–H groups in total. The predicted molar refractivity (Wildman–Crippen MR) is 90.2 cm³/mol. The molecule has 0 unspecified atom stereocenters. The predicted octanol–water partition coefficient (Wildman–Crippen LogP) is 3.27. The number of amides is 1. The van der Waals surface area contributed by atoms with E-state index in [0.717, 1.165) is 32.4 Å². The molecule has 4 heteroatoms. The van der Waals surface area contributed by atoms with Gasteiger partial charge in [0.25, 0.3) is 5.91 Å². The summed E-state index contributed by atoms with van der Waals surface area (Å²) in [6.45, 7) is 3.83. The second-order valence-corrected chi connectivity index (χ2v) is 6.32. The maximum atomic E-state index is 12.5. The van der Waals surface area contributed by atoms with E-state index in [4.69, 9.17) is 0 Å². The molecule has 4 nitrogen and oxygen atoms in total. The summed E-state index contributed by atoms with van der Waals surface area (Å²) in [4.78, 5) is 22.6. The lowest BCUT2D eigenvalue weighted by Gasteiger charge is -2.32. The summed E-state index contributed by atoms with van der Waals surface area (Å²) in [5.74, 6) is 0.586. The summed E-state index contributed by atoms with van der Waals surface area (Å²) in [5, 5.41) is 0. The molecule has 0 spiro atoms. The molecule has 2 aromatic rings. The van der Waals surface area contributed by atoms with Gasteiger partial charge in [-0.25, -0.2) is 4.98 Å². The lowest BCUT2D eigenvalue weighted by Crippen LogP contribution is -2.40. The first-order valence-corrected chi connectivity index (χ1v) is 8.34. The van der Waals surface area contributed by atoms with E-state index in [2.05, 4.69) is 41.2 Å². The molecule has 0 bridgehead atoms. The minimum Gasteiger partial charge on any atom is -0.337 e. The average Bonchev–Trinajstić information content (AvgIpc) is 2.61. The van der Waals surface area contributed by atoms with Gasteiger partial charge < -0.3 is 4.90 Å². The molecule has 0 aliphatic carbocycles. The molecule has 0 radical (unpaired) electrons. The molecule has 3 rings (SSSR count). The van der Waals surface area contributed by atoms with Crippen molar-refractivity contribution >= 4 is 5.91 Å². The molecule has 1 aromatic heterocycles. The Bertz CT molecular complexity index is 657. The van der Waals surface area contributed by atoms with Gasteiger partial charge in [0.2, 0.25) is 0 Å². The number of carbonyl (C=O) groups is 1. The van der Waals surface area contributed by atoms with Crippen molar-refractivity contribution in [1.29, 1.82) is 0 Å². The molecule has 1 aromatic carbocycles. The first-order valence-electron chi connectivity index (χ1n) is 8.34. The number of benzene rings is 1. The van der Waals surface area contributed by atoms with Crippen molar-refractivity contribution in [2.45, 2.75) is 32.6 Å². The molecule has 23 heavy (non-hydrogen) atoms. The van der Waals surface area contributed by atoms with Crippen LogP contribution in [0.4, 0.5) is 0 Å². The third kappa shape index (κ3) is 3.95. The molecule has 1 saturated heterocycles. The highest BCUT2D eigenvalue weighted by Gasteiger charge is 2.25. The van der Waals surface area contributed by atoms with Gasteiger partial charge in [0.15, 0.2) is 0 Å². The Kier molecular flexibility index (Phi) is 5.01. The van der Waals surface area contributed by atoms with Crippen LogP contribution >= 0.6 is 0 Å². The Hall–Kier alpha value is -2.23. The number of aromatic nitrogens is 2. The van der Waals surface area contributed by atoms with Gasteiger partial charge in [-0.05, 0) is 49.7 Å². The fourth-order valence-corrected chi connectivity index (χ4v) is 3.31. The molecule has 1 aliphatic heterocycles. The summed E-state index contributed by atoms with van der Waals surface area (Å²) in [5.41, 5.74) is 3.23. The quantitative estimate of drug-likeness (QED) is 0.871. The Labute approximate surface area is 137 Å². The largest absolute Gasteiger partial charge is 0.337 e. The second kappa shape index (κ2) is 7.36. The van der Waals surface area contributed by atoms with Crippen molar-refractivity contribution in [2.24, 2.45) is 5.92 Å². The molecule has 2 heterocycles. The van der Waals surface area contributed by atoms with Gasteiger partial charge in [-0.1, -0.05) is 24.3 Å². The van der Waals surface area contributed by atoms with Crippen LogP contribution in [0.25, 0.3) is 0 Å². The van der Waals surface area contributed by atoms with E-state index in [1.165, 1.54) is 17.5 Å². The number of likely N-dealkylation sites (tertiary alicyclic amines) is 1. The minimum atomic E-state index is 0.0127. The van der Waals surface area contributed by atoms with Crippen LogP contribution in [0.1, 0.15) is 40.9 Å². The molecular formula is C19H23N3O. The second-order valence-electron chi connectivity index (χ2n) is 6.32. The van der Waals surface area contributed by atoms with Gasteiger partial charge in [0.1, 0.15) is 5.69 Å². The highest BCUT2D eigenvalue weighted by molar-refractivity contribution is 5.92. The summed E-state index contributed by atoms with van der Waals surface area (Å²) >= 11 is 0. The Morgan fingerprint density at radius 1 is 1.30 bits per heavy atom. The summed E-state index contributed by atoms with van der Waals surface area (Å²) in [6, 6.07) is 8.56. The molecule has 120 valence electrons. The van der Waals surface area contributed by atoms with Crippen molar-refractivity contribution in [3.05, 3.63) is 59.7 Å². The van der Waals surface area contributed by atoms with Gasteiger partial charge in [-0.3, -0.25) is 9.78 Å². The minimum absolute atomic E-state index is 0.0127. The highest BCUT2D eigenvalue weighted by atomic mass is 16.2. The van der Waals surface area contributed by atoms with Crippen molar-refractivity contribution in [3.8, 4) is 0 Å². The zero-order valence-electron chi connectivity index (χ0n) is 13.6. The van der Waals surface area contributed by atoms with Crippen LogP contribution in [-0.2, 0) is 6.42 Å². The van der Waals surface area contributed by atoms with Crippen molar-refractivity contribution in [1.82, 2.24) is 14.9 Å². The van der Waals surface area contributed by atoms with Gasteiger partial charge in [0.05, 0.1) is 6.20 Å². The van der Waals surface area contributed by atoms with Crippen LogP contribution in [0, 0.1) is 12.8 Å². The van der Waals surface area contributed by atoms with Crippen molar-refractivity contribution < 1.29 is 4.79 Å². The molecule has 1 fully saturated rings. The topological polar surface area (TPSA) is 46.1 Å².